The van der Waals surface area contributed by atoms with Gasteiger partial charge in [-0.1, -0.05) is 56.3 Å². The van der Waals surface area contributed by atoms with Crippen LogP contribution in [0.15, 0.2) is 54.6 Å². The number of halogens is 1. The molecule has 1 aromatic heterocycles. The standard InChI is InChI=1S/C27H33IN4O/c1-6-27(7-2,20-13-15-21(28)16-14-20)30-25(33)23-18(3)31-32-24(23)29-22(17-26(32,4)5)19-11-9-8-10-12-19/h8-16,22,29H,6-7,17H2,1-5H3,(H,30,33)/t22-/m1/s1. The van der Waals surface area contributed by atoms with Crippen LogP contribution in [0.25, 0.3) is 0 Å². The van der Waals surface area contributed by atoms with Gasteiger partial charge in [-0.2, -0.15) is 5.10 Å². The minimum absolute atomic E-state index is 0.0759. The summed E-state index contributed by atoms with van der Waals surface area (Å²) in [5.74, 6) is 0.729. The van der Waals surface area contributed by atoms with Gasteiger partial charge >= 0.3 is 0 Å². The minimum Gasteiger partial charge on any atom is -0.363 e. The SMILES string of the molecule is CCC(CC)(NC(=O)c1c(C)nn2c1N[C@@H](c1ccccc1)CC2(C)C)c1ccc(I)cc1. The van der Waals surface area contributed by atoms with Crippen molar-refractivity contribution < 1.29 is 4.79 Å². The predicted molar refractivity (Wildman–Crippen MR) is 143 cm³/mol. The summed E-state index contributed by atoms with van der Waals surface area (Å²) in [6.45, 7) is 10.6. The molecule has 174 valence electrons. The first-order valence-corrected chi connectivity index (χ1v) is 12.8. The van der Waals surface area contributed by atoms with Crippen molar-refractivity contribution in [3.63, 3.8) is 0 Å². The Balaban J connectivity index is 1.72. The molecule has 1 aliphatic rings. The minimum atomic E-state index is -0.425. The number of rotatable bonds is 6. The highest BCUT2D eigenvalue weighted by Gasteiger charge is 2.39. The molecule has 2 aromatic carbocycles. The lowest BCUT2D eigenvalue weighted by Gasteiger charge is -2.38. The maximum absolute atomic E-state index is 13.8. The Morgan fingerprint density at radius 2 is 1.79 bits per heavy atom. The molecule has 0 saturated carbocycles. The van der Waals surface area contributed by atoms with Crippen molar-refractivity contribution in [2.45, 2.75) is 71.0 Å². The van der Waals surface area contributed by atoms with Gasteiger partial charge in [0.2, 0.25) is 0 Å². The Bertz CT molecular complexity index is 1130. The first kappa shape index (κ1) is 23.8. The maximum atomic E-state index is 13.8. The van der Waals surface area contributed by atoms with Crippen LogP contribution in [0.2, 0.25) is 0 Å². The molecule has 6 heteroatoms. The van der Waals surface area contributed by atoms with E-state index in [0.29, 0.717) is 5.56 Å². The Hall–Kier alpha value is -2.35. The zero-order valence-electron chi connectivity index (χ0n) is 20.1. The molecule has 1 aliphatic heterocycles. The van der Waals surface area contributed by atoms with Crippen LogP contribution in [-0.2, 0) is 11.1 Å². The molecule has 1 amide bonds. The van der Waals surface area contributed by atoms with E-state index in [2.05, 4.69) is 109 Å². The highest BCUT2D eigenvalue weighted by molar-refractivity contribution is 14.1. The maximum Gasteiger partial charge on any atom is 0.257 e. The van der Waals surface area contributed by atoms with Gasteiger partial charge in [-0.15, -0.1) is 0 Å². The fraction of sp³-hybridized carbons (Fsp3) is 0.407. The first-order chi connectivity index (χ1) is 15.7. The van der Waals surface area contributed by atoms with Crippen molar-refractivity contribution in [3.8, 4) is 0 Å². The number of fused-ring (bicyclic) bond motifs is 1. The fourth-order valence-corrected chi connectivity index (χ4v) is 5.37. The van der Waals surface area contributed by atoms with Crippen LogP contribution in [-0.4, -0.2) is 15.7 Å². The van der Waals surface area contributed by atoms with Gasteiger partial charge in [0.1, 0.15) is 11.4 Å². The molecule has 0 bridgehead atoms. The van der Waals surface area contributed by atoms with Crippen LogP contribution in [0.4, 0.5) is 5.82 Å². The number of carbonyl (C=O) groups is 1. The van der Waals surface area contributed by atoms with Gasteiger partial charge in [0.15, 0.2) is 0 Å². The molecule has 0 unspecified atom stereocenters. The number of nitrogens with one attached hydrogen (secondary N) is 2. The molecule has 2 heterocycles. The first-order valence-electron chi connectivity index (χ1n) is 11.7. The summed E-state index contributed by atoms with van der Waals surface area (Å²) in [7, 11) is 0. The second kappa shape index (κ2) is 9.12. The summed E-state index contributed by atoms with van der Waals surface area (Å²) in [6.07, 6.45) is 2.51. The summed E-state index contributed by atoms with van der Waals surface area (Å²) in [6, 6.07) is 19.0. The molecule has 0 radical (unpaired) electrons. The van der Waals surface area contributed by atoms with Crippen molar-refractivity contribution in [2.75, 3.05) is 5.32 Å². The molecule has 33 heavy (non-hydrogen) atoms. The van der Waals surface area contributed by atoms with Crippen molar-refractivity contribution in [1.82, 2.24) is 15.1 Å². The Labute approximate surface area is 210 Å². The van der Waals surface area contributed by atoms with Crippen molar-refractivity contribution >= 4 is 34.3 Å². The van der Waals surface area contributed by atoms with Crippen LogP contribution < -0.4 is 10.6 Å². The molecule has 0 spiro atoms. The Morgan fingerprint density at radius 3 is 2.39 bits per heavy atom. The van der Waals surface area contributed by atoms with Crippen molar-refractivity contribution in [1.29, 1.82) is 0 Å². The number of hydrogen-bond acceptors (Lipinski definition) is 3. The average Bonchev–Trinajstić information content (AvgIpc) is 3.15. The number of amides is 1. The number of nitrogens with zero attached hydrogens (tertiary/aromatic N) is 2. The molecular formula is C27H33IN4O. The molecule has 4 rings (SSSR count). The van der Waals surface area contributed by atoms with Crippen LogP contribution in [0.3, 0.4) is 0 Å². The summed E-state index contributed by atoms with van der Waals surface area (Å²) >= 11 is 2.31. The van der Waals surface area contributed by atoms with Crippen molar-refractivity contribution in [2.24, 2.45) is 0 Å². The van der Waals surface area contributed by atoms with Gasteiger partial charge in [0.25, 0.3) is 5.91 Å². The summed E-state index contributed by atoms with van der Waals surface area (Å²) in [5.41, 5.74) is 3.10. The van der Waals surface area contributed by atoms with E-state index in [1.807, 2.05) is 17.7 Å². The lowest BCUT2D eigenvalue weighted by molar-refractivity contribution is 0.0889. The molecule has 0 saturated heterocycles. The second-order valence-corrected chi connectivity index (χ2v) is 10.8. The van der Waals surface area contributed by atoms with Crippen LogP contribution in [0.1, 0.15) is 80.2 Å². The number of benzene rings is 2. The van der Waals surface area contributed by atoms with E-state index in [1.165, 1.54) is 9.13 Å². The van der Waals surface area contributed by atoms with Crippen LogP contribution in [0, 0.1) is 10.5 Å². The summed E-state index contributed by atoms with van der Waals surface area (Å²) < 4.78 is 3.19. The van der Waals surface area contributed by atoms with E-state index in [0.717, 1.165) is 36.3 Å². The Kier molecular flexibility index (Phi) is 6.58. The third-order valence-electron chi connectivity index (χ3n) is 7.03. The predicted octanol–water partition coefficient (Wildman–Crippen LogP) is 6.53. The van der Waals surface area contributed by atoms with Gasteiger partial charge in [0, 0.05) is 3.57 Å². The highest BCUT2D eigenvalue weighted by atomic mass is 127. The molecule has 2 N–H and O–H groups in total. The largest absolute Gasteiger partial charge is 0.363 e. The van der Waals surface area contributed by atoms with E-state index in [1.54, 1.807) is 0 Å². The van der Waals surface area contributed by atoms with Crippen LogP contribution >= 0.6 is 22.6 Å². The van der Waals surface area contributed by atoms with E-state index in [4.69, 9.17) is 5.10 Å². The van der Waals surface area contributed by atoms with E-state index in [-0.39, 0.29) is 17.5 Å². The number of anilines is 1. The number of aromatic nitrogens is 2. The van der Waals surface area contributed by atoms with Gasteiger partial charge in [0.05, 0.1) is 22.8 Å². The molecule has 5 nitrogen and oxygen atoms in total. The lowest BCUT2D eigenvalue weighted by Crippen LogP contribution is -2.45. The van der Waals surface area contributed by atoms with E-state index in [9.17, 15) is 4.79 Å². The number of hydrogen-bond donors (Lipinski definition) is 2. The summed E-state index contributed by atoms with van der Waals surface area (Å²) in [5, 5.41) is 11.9. The monoisotopic (exact) mass is 556 g/mol. The van der Waals surface area contributed by atoms with E-state index < -0.39 is 5.54 Å². The van der Waals surface area contributed by atoms with Gasteiger partial charge in [-0.25, -0.2) is 4.68 Å². The fourth-order valence-electron chi connectivity index (χ4n) is 5.01. The van der Waals surface area contributed by atoms with Gasteiger partial charge in [-0.05, 0) is 85.9 Å². The van der Waals surface area contributed by atoms with Crippen molar-refractivity contribution in [3.05, 3.63) is 80.6 Å². The van der Waals surface area contributed by atoms with Gasteiger partial charge < -0.3 is 10.6 Å². The third kappa shape index (κ3) is 4.42. The molecule has 3 aromatic rings. The molecule has 1 atom stereocenters. The van der Waals surface area contributed by atoms with Crippen LogP contribution in [0.5, 0.6) is 0 Å². The quantitative estimate of drug-likeness (QED) is 0.340. The Morgan fingerprint density at radius 1 is 1.15 bits per heavy atom. The molecule has 0 aliphatic carbocycles. The molecule has 0 fully saturated rings. The molecular weight excluding hydrogens is 523 g/mol. The third-order valence-corrected chi connectivity index (χ3v) is 7.75. The van der Waals surface area contributed by atoms with Gasteiger partial charge in [-0.3, -0.25) is 4.79 Å². The number of aryl methyl sites for hydroxylation is 1. The second-order valence-electron chi connectivity index (χ2n) is 9.60. The zero-order valence-corrected chi connectivity index (χ0v) is 22.2. The topological polar surface area (TPSA) is 59.0 Å². The average molecular weight is 556 g/mol. The van der Waals surface area contributed by atoms with E-state index >= 15 is 0 Å². The normalized spacial score (nSPS) is 17.2. The summed E-state index contributed by atoms with van der Waals surface area (Å²) in [4.78, 5) is 13.8. The number of carbonyl (C=O) groups excluding carboxylic acids is 1. The zero-order chi connectivity index (χ0) is 23.8. The highest BCUT2D eigenvalue weighted by Crippen LogP contribution is 2.41. The lowest BCUT2D eigenvalue weighted by atomic mass is 9.84. The smallest absolute Gasteiger partial charge is 0.257 e.